The first-order valence-corrected chi connectivity index (χ1v) is 13.2. The van der Waals surface area contributed by atoms with Crippen LogP contribution >= 0.6 is 0 Å². The number of fused-ring (bicyclic) bond motifs is 2. The van der Waals surface area contributed by atoms with E-state index in [1.807, 2.05) is 12.2 Å². The molecule has 6 rings (SSSR count). The quantitative estimate of drug-likeness (QED) is 0.281. The van der Waals surface area contributed by atoms with Gasteiger partial charge in [-0.05, 0) is 80.0 Å². The van der Waals surface area contributed by atoms with E-state index in [1.165, 1.54) is 41.3 Å². The van der Waals surface area contributed by atoms with Crippen LogP contribution in [0.25, 0.3) is 0 Å². The first-order chi connectivity index (χ1) is 17.8. The lowest BCUT2D eigenvalue weighted by molar-refractivity contribution is 0.869. The Bertz CT molecular complexity index is 1310. The summed E-state index contributed by atoms with van der Waals surface area (Å²) in [6.07, 6.45) is 24.6. The molecule has 180 valence electrons. The molecule has 36 heavy (non-hydrogen) atoms. The van der Waals surface area contributed by atoms with Gasteiger partial charge in [0, 0.05) is 46.0 Å². The first-order valence-electron chi connectivity index (χ1n) is 13.2. The molecule has 0 N–H and O–H groups in total. The topological polar surface area (TPSA) is 6.48 Å². The lowest BCUT2D eigenvalue weighted by Crippen LogP contribution is -2.23. The SMILES string of the molecule is C=C/C=C(\C=C)N(C1=CCC=CC2CC12)c1cccc(N(C2=CCC=CC3CC23)c2ccccc2)c1. The van der Waals surface area contributed by atoms with E-state index >= 15 is 0 Å². The van der Waals surface area contributed by atoms with E-state index in [2.05, 4.69) is 120 Å². The molecule has 4 unspecified atom stereocenters. The molecular formula is C34H34N2. The Labute approximate surface area is 215 Å². The zero-order chi connectivity index (χ0) is 24.5. The number of benzene rings is 2. The van der Waals surface area contributed by atoms with Gasteiger partial charge in [0.1, 0.15) is 0 Å². The van der Waals surface area contributed by atoms with Gasteiger partial charge in [-0.2, -0.15) is 0 Å². The third kappa shape index (κ3) is 4.33. The van der Waals surface area contributed by atoms with Crippen molar-refractivity contribution in [1.29, 1.82) is 0 Å². The zero-order valence-corrected chi connectivity index (χ0v) is 20.8. The molecule has 4 aliphatic rings. The van der Waals surface area contributed by atoms with Crippen molar-refractivity contribution in [3.05, 3.63) is 140 Å². The number of anilines is 3. The van der Waals surface area contributed by atoms with Crippen LogP contribution in [0.1, 0.15) is 25.7 Å². The van der Waals surface area contributed by atoms with Crippen molar-refractivity contribution in [3.63, 3.8) is 0 Å². The molecule has 4 aliphatic carbocycles. The van der Waals surface area contributed by atoms with E-state index in [-0.39, 0.29) is 0 Å². The first kappa shape index (κ1) is 22.7. The molecule has 2 heteroatoms. The van der Waals surface area contributed by atoms with Gasteiger partial charge in [-0.1, -0.05) is 80.0 Å². The highest BCUT2D eigenvalue weighted by Crippen LogP contribution is 2.52. The van der Waals surface area contributed by atoms with Gasteiger partial charge >= 0.3 is 0 Å². The van der Waals surface area contributed by atoms with Crippen LogP contribution in [0.2, 0.25) is 0 Å². The summed E-state index contributed by atoms with van der Waals surface area (Å²) in [5.74, 6) is 2.48. The largest absolute Gasteiger partial charge is 0.314 e. The van der Waals surface area contributed by atoms with Crippen LogP contribution in [0.3, 0.4) is 0 Å². The normalized spacial score (nSPS) is 25.8. The van der Waals surface area contributed by atoms with Crippen LogP contribution < -0.4 is 9.80 Å². The molecule has 2 aromatic carbocycles. The van der Waals surface area contributed by atoms with Crippen molar-refractivity contribution in [1.82, 2.24) is 0 Å². The molecule has 2 saturated carbocycles. The second-order valence-electron chi connectivity index (χ2n) is 10.2. The van der Waals surface area contributed by atoms with Gasteiger partial charge in [0.15, 0.2) is 0 Å². The smallest absolute Gasteiger partial charge is 0.0479 e. The Morgan fingerprint density at radius 3 is 2.08 bits per heavy atom. The van der Waals surface area contributed by atoms with Gasteiger partial charge in [0.2, 0.25) is 0 Å². The molecule has 0 saturated heterocycles. The van der Waals surface area contributed by atoms with Crippen molar-refractivity contribution < 1.29 is 0 Å². The van der Waals surface area contributed by atoms with Gasteiger partial charge in [0.05, 0.1) is 0 Å². The second-order valence-corrected chi connectivity index (χ2v) is 10.2. The standard InChI is InChI=1S/C34H34N2/c1-3-13-27(4-2)35(33-20-10-8-14-25-22-31(25)33)29-18-12-19-30(24-29)36(28-16-6-5-7-17-28)34-21-11-9-15-26-23-32(26)34/h3-9,12-21,24-26,31-32H,1-2,10-11,22-23H2/b27-13+. The Kier molecular flexibility index (Phi) is 6.11. The monoisotopic (exact) mass is 470 g/mol. The Morgan fingerprint density at radius 2 is 1.39 bits per heavy atom. The fourth-order valence-electron chi connectivity index (χ4n) is 5.83. The highest BCUT2D eigenvalue weighted by molar-refractivity contribution is 5.75. The van der Waals surface area contributed by atoms with Gasteiger partial charge < -0.3 is 9.80 Å². The van der Waals surface area contributed by atoms with E-state index < -0.39 is 0 Å². The lowest BCUT2D eigenvalue weighted by Gasteiger charge is -2.32. The molecule has 2 aromatic rings. The fraction of sp³-hybridized carbons (Fsp3) is 0.235. The fourth-order valence-corrected chi connectivity index (χ4v) is 5.83. The number of hydrogen-bond donors (Lipinski definition) is 0. The highest BCUT2D eigenvalue weighted by atomic mass is 15.2. The molecular weight excluding hydrogens is 436 g/mol. The summed E-state index contributed by atoms with van der Waals surface area (Å²) in [5.41, 5.74) is 7.44. The maximum Gasteiger partial charge on any atom is 0.0479 e. The van der Waals surface area contributed by atoms with Crippen molar-refractivity contribution >= 4 is 17.1 Å². The minimum absolute atomic E-state index is 0.564. The van der Waals surface area contributed by atoms with Crippen LogP contribution in [-0.2, 0) is 0 Å². The van der Waals surface area contributed by atoms with E-state index in [1.54, 1.807) is 0 Å². The van der Waals surface area contributed by atoms with E-state index in [0.717, 1.165) is 18.5 Å². The van der Waals surface area contributed by atoms with Crippen LogP contribution in [-0.4, -0.2) is 0 Å². The Hall–Kier alpha value is -3.78. The summed E-state index contributed by atoms with van der Waals surface area (Å²) in [4.78, 5) is 4.88. The summed E-state index contributed by atoms with van der Waals surface area (Å²) in [7, 11) is 0. The number of rotatable bonds is 8. The second kappa shape index (κ2) is 9.70. The summed E-state index contributed by atoms with van der Waals surface area (Å²) in [6, 6.07) is 19.8. The Balaban J connectivity index is 1.45. The molecule has 0 heterocycles. The lowest BCUT2D eigenvalue weighted by atomic mass is 10.1. The van der Waals surface area contributed by atoms with Crippen molar-refractivity contribution in [2.24, 2.45) is 23.7 Å². The van der Waals surface area contributed by atoms with Crippen LogP contribution in [0.4, 0.5) is 17.1 Å². The predicted octanol–water partition coefficient (Wildman–Crippen LogP) is 8.85. The van der Waals surface area contributed by atoms with E-state index in [9.17, 15) is 0 Å². The average molecular weight is 471 g/mol. The summed E-state index contributed by atoms with van der Waals surface area (Å²) in [6.45, 7) is 8.14. The molecule has 0 spiro atoms. The average Bonchev–Trinajstić information content (AvgIpc) is 3.80. The minimum Gasteiger partial charge on any atom is -0.314 e. The molecule has 0 aliphatic heterocycles. The number of nitrogens with zero attached hydrogens (tertiary/aromatic N) is 2. The molecule has 2 nitrogen and oxygen atoms in total. The number of hydrogen-bond acceptors (Lipinski definition) is 2. The van der Waals surface area contributed by atoms with Gasteiger partial charge in [-0.3, -0.25) is 0 Å². The summed E-state index contributed by atoms with van der Waals surface area (Å²) < 4.78 is 0. The van der Waals surface area contributed by atoms with E-state index in [0.29, 0.717) is 23.7 Å². The van der Waals surface area contributed by atoms with Crippen molar-refractivity contribution in [3.8, 4) is 0 Å². The molecule has 0 radical (unpaired) electrons. The van der Waals surface area contributed by atoms with Crippen molar-refractivity contribution in [2.45, 2.75) is 25.7 Å². The van der Waals surface area contributed by atoms with E-state index in [4.69, 9.17) is 0 Å². The van der Waals surface area contributed by atoms with Gasteiger partial charge in [-0.15, -0.1) is 0 Å². The Morgan fingerprint density at radius 1 is 0.750 bits per heavy atom. The van der Waals surface area contributed by atoms with Gasteiger partial charge in [-0.25, -0.2) is 0 Å². The molecule has 4 atom stereocenters. The summed E-state index contributed by atoms with van der Waals surface area (Å²) in [5, 5.41) is 0. The third-order valence-electron chi connectivity index (χ3n) is 7.76. The molecule has 0 bridgehead atoms. The van der Waals surface area contributed by atoms with Crippen LogP contribution in [0, 0.1) is 23.7 Å². The third-order valence-corrected chi connectivity index (χ3v) is 7.76. The van der Waals surface area contributed by atoms with Crippen LogP contribution in [0.5, 0.6) is 0 Å². The minimum atomic E-state index is 0.564. The van der Waals surface area contributed by atoms with Gasteiger partial charge in [0.25, 0.3) is 0 Å². The maximum absolute atomic E-state index is 4.16. The van der Waals surface area contributed by atoms with Crippen molar-refractivity contribution in [2.75, 3.05) is 9.80 Å². The summed E-state index contributed by atoms with van der Waals surface area (Å²) >= 11 is 0. The maximum atomic E-state index is 4.16. The highest BCUT2D eigenvalue weighted by Gasteiger charge is 2.42. The van der Waals surface area contributed by atoms with Crippen LogP contribution in [0.15, 0.2) is 140 Å². The molecule has 0 aromatic heterocycles. The zero-order valence-electron chi connectivity index (χ0n) is 20.8. The number of para-hydroxylation sites is 1. The predicted molar refractivity (Wildman–Crippen MR) is 153 cm³/mol. The number of allylic oxidation sites excluding steroid dienone is 11. The molecule has 2 fully saturated rings. The molecule has 0 amide bonds.